The van der Waals surface area contributed by atoms with Crippen LogP contribution in [0.4, 0.5) is 0 Å². The lowest BCUT2D eigenvalue weighted by atomic mass is 9.92. The average Bonchev–Trinajstić information content (AvgIpc) is 3.02. The number of carbonyl (C=O) groups excluding carboxylic acids is 1. The second-order valence-electron chi connectivity index (χ2n) is 5.63. The first-order valence-corrected chi connectivity index (χ1v) is 7.82. The first-order valence-electron chi connectivity index (χ1n) is 7.82. The third-order valence-corrected chi connectivity index (χ3v) is 4.46. The molecule has 124 valence electrons. The van der Waals surface area contributed by atoms with Crippen molar-refractivity contribution in [3.63, 3.8) is 0 Å². The zero-order valence-electron chi connectivity index (χ0n) is 13.7. The van der Waals surface area contributed by atoms with E-state index < -0.39 is 0 Å². The monoisotopic (exact) mass is 326 g/mol. The zero-order chi connectivity index (χ0) is 15.3. The van der Waals surface area contributed by atoms with Crippen molar-refractivity contribution in [2.24, 2.45) is 0 Å². The van der Waals surface area contributed by atoms with E-state index >= 15 is 0 Å². The third-order valence-electron chi connectivity index (χ3n) is 4.46. The van der Waals surface area contributed by atoms with Crippen LogP contribution in [0.5, 0.6) is 5.75 Å². The Kier molecular flexibility index (Phi) is 7.17. The van der Waals surface area contributed by atoms with Crippen LogP contribution >= 0.6 is 12.4 Å². The summed E-state index contributed by atoms with van der Waals surface area (Å²) in [6.45, 7) is 6.47. The van der Waals surface area contributed by atoms with Crippen LogP contribution in [0.25, 0.3) is 0 Å². The topological polar surface area (TPSA) is 41.6 Å². The van der Waals surface area contributed by atoms with E-state index in [1.54, 1.807) is 7.11 Å². The minimum atomic E-state index is -0.345. The number of ether oxygens (including phenoxy) is 1. The highest BCUT2D eigenvalue weighted by atomic mass is 35.5. The van der Waals surface area contributed by atoms with Crippen molar-refractivity contribution >= 4 is 18.3 Å². The van der Waals surface area contributed by atoms with Gasteiger partial charge in [0.25, 0.3) is 0 Å². The summed E-state index contributed by atoms with van der Waals surface area (Å²) in [5.41, 5.74) is 0.790. The molecule has 1 aromatic carbocycles. The molecule has 0 radical (unpaired) electrons. The van der Waals surface area contributed by atoms with Gasteiger partial charge < -0.3 is 15.0 Å². The molecule has 1 aliphatic rings. The molecule has 1 aliphatic heterocycles. The Morgan fingerprint density at radius 3 is 2.45 bits per heavy atom. The van der Waals surface area contributed by atoms with Crippen molar-refractivity contribution in [3.05, 3.63) is 29.8 Å². The van der Waals surface area contributed by atoms with E-state index in [-0.39, 0.29) is 23.9 Å². The molecule has 1 amide bonds. The summed E-state index contributed by atoms with van der Waals surface area (Å²) in [6.07, 6.45) is 2.88. The third kappa shape index (κ3) is 3.93. The van der Waals surface area contributed by atoms with E-state index in [1.807, 2.05) is 36.1 Å². The standard InChI is InChI=1S/C17H26N2O2.ClH/c1-4-17(11-6-12-18-17)16(20)19(5-2)13-14-7-9-15(21-3)10-8-14;/h7-10,18H,4-6,11-13H2,1-3H3;1H. The maximum absolute atomic E-state index is 12.9. The minimum absolute atomic E-state index is 0. The van der Waals surface area contributed by atoms with Gasteiger partial charge in [-0.2, -0.15) is 0 Å². The van der Waals surface area contributed by atoms with Gasteiger partial charge in [-0.25, -0.2) is 0 Å². The quantitative estimate of drug-likeness (QED) is 0.873. The van der Waals surface area contributed by atoms with E-state index in [0.717, 1.165) is 43.7 Å². The van der Waals surface area contributed by atoms with E-state index in [0.29, 0.717) is 6.54 Å². The number of hydrogen-bond acceptors (Lipinski definition) is 3. The number of carbonyl (C=O) groups is 1. The van der Waals surface area contributed by atoms with Crippen molar-refractivity contribution in [1.29, 1.82) is 0 Å². The van der Waals surface area contributed by atoms with Gasteiger partial charge in [-0.05, 0) is 50.4 Å². The molecular weight excluding hydrogens is 300 g/mol. The first-order chi connectivity index (χ1) is 10.1. The molecule has 1 fully saturated rings. The predicted molar refractivity (Wildman–Crippen MR) is 91.6 cm³/mol. The van der Waals surface area contributed by atoms with Crippen molar-refractivity contribution < 1.29 is 9.53 Å². The maximum Gasteiger partial charge on any atom is 0.243 e. The molecular formula is C17H27ClN2O2. The van der Waals surface area contributed by atoms with E-state index in [2.05, 4.69) is 12.2 Å². The van der Waals surface area contributed by atoms with Gasteiger partial charge in [-0.15, -0.1) is 12.4 Å². The minimum Gasteiger partial charge on any atom is -0.497 e. The highest BCUT2D eigenvalue weighted by Gasteiger charge is 2.41. The number of rotatable bonds is 6. The Bertz CT molecular complexity index is 470. The first kappa shape index (κ1) is 18.8. The SMILES string of the molecule is CCN(Cc1ccc(OC)cc1)C(=O)C1(CC)CCCN1.Cl. The molecule has 0 aliphatic carbocycles. The fourth-order valence-corrected chi connectivity index (χ4v) is 3.02. The normalized spacial score (nSPS) is 20.3. The summed E-state index contributed by atoms with van der Waals surface area (Å²) in [5.74, 6) is 1.08. The molecule has 1 unspecified atom stereocenters. The molecule has 0 bridgehead atoms. The van der Waals surface area contributed by atoms with Crippen LogP contribution in [0, 0.1) is 0 Å². The van der Waals surface area contributed by atoms with Crippen LogP contribution < -0.4 is 10.1 Å². The highest BCUT2D eigenvalue weighted by Crippen LogP contribution is 2.26. The van der Waals surface area contributed by atoms with Crippen molar-refractivity contribution in [2.75, 3.05) is 20.2 Å². The highest BCUT2D eigenvalue weighted by molar-refractivity contribution is 5.86. The van der Waals surface area contributed by atoms with Gasteiger partial charge in [0, 0.05) is 13.1 Å². The Hall–Kier alpha value is -1.26. The largest absolute Gasteiger partial charge is 0.497 e. The average molecular weight is 327 g/mol. The second-order valence-corrected chi connectivity index (χ2v) is 5.63. The van der Waals surface area contributed by atoms with Gasteiger partial charge in [-0.3, -0.25) is 4.79 Å². The number of likely N-dealkylation sites (N-methyl/N-ethyl adjacent to an activating group) is 1. The van der Waals surface area contributed by atoms with Crippen LogP contribution in [0.15, 0.2) is 24.3 Å². The molecule has 0 aromatic heterocycles. The van der Waals surface area contributed by atoms with Gasteiger partial charge in [-0.1, -0.05) is 19.1 Å². The molecule has 0 saturated carbocycles. The number of amides is 1. The summed E-state index contributed by atoms with van der Waals surface area (Å²) in [4.78, 5) is 14.8. The molecule has 4 nitrogen and oxygen atoms in total. The fourth-order valence-electron chi connectivity index (χ4n) is 3.02. The van der Waals surface area contributed by atoms with E-state index in [1.165, 1.54) is 0 Å². The molecule has 0 spiro atoms. The van der Waals surface area contributed by atoms with Gasteiger partial charge in [0.15, 0.2) is 0 Å². The number of hydrogen-bond donors (Lipinski definition) is 1. The van der Waals surface area contributed by atoms with Crippen LogP contribution in [0.1, 0.15) is 38.7 Å². The smallest absolute Gasteiger partial charge is 0.243 e. The van der Waals surface area contributed by atoms with Gasteiger partial charge in [0.1, 0.15) is 5.75 Å². The number of benzene rings is 1. The summed E-state index contributed by atoms with van der Waals surface area (Å²) in [6, 6.07) is 7.93. The molecule has 1 heterocycles. The fraction of sp³-hybridized carbons (Fsp3) is 0.588. The van der Waals surface area contributed by atoms with Gasteiger partial charge >= 0.3 is 0 Å². The molecule has 1 saturated heterocycles. The Morgan fingerprint density at radius 1 is 1.32 bits per heavy atom. The Morgan fingerprint density at radius 2 is 2.00 bits per heavy atom. The maximum atomic E-state index is 12.9. The molecule has 1 N–H and O–H groups in total. The summed E-state index contributed by atoms with van der Waals surface area (Å²) < 4.78 is 5.17. The molecule has 1 aromatic rings. The number of nitrogens with zero attached hydrogens (tertiary/aromatic N) is 1. The predicted octanol–water partition coefficient (Wildman–Crippen LogP) is 3.00. The van der Waals surface area contributed by atoms with Gasteiger partial charge in [0.05, 0.1) is 12.6 Å². The van der Waals surface area contributed by atoms with E-state index in [9.17, 15) is 4.79 Å². The lowest BCUT2D eigenvalue weighted by Gasteiger charge is -2.33. The summed E-state index contributed by atoms with van der Waals surface area (Å²) in [7, 11) is 1.66. The molecule has 5 heteroatoms. The van der Waals surface area contributed by atoms with Crippen LogP contribution in [0.3, 0.4) is 0 Å². The molecule has 1 atom stereocenters. The Balaban J connectivity index is 0.00000242. The van der Waals surface area contributed by atoms with Crippen LogP contribution in [-0.2, 0) is 11.3 Å². The van der Waals surface area contributed by atoms with Crippen molar-refractivity contribution in [2.45, 2.75) is 45.2 Å². The van der Waals surface area contributed by atoms with Gasteiger partial charge in [0.2, 0.25) is 5.91 Å². The van der Waals surface area contributed by atoms with Crippen LogP contribution in [0.2, 0.25) is 0 Å². The number of nitrogens with one attached hydrogen (secondary N) is 1. The van der Waals surface area contributed by atoms with Crippen molar-refractivity contribution in [3.8, 4) is 5.75 Å². The lowest BCUT2D eigenvalue weighted by Crippen LogP contribution is -2.54. The summed E-state index contributed by atoms with van der Waals surface area (Å²) >= 11 is 0. The van der Waals surface area contributed by atoms with E-state index in [4.69, 9.17) is 4.74 Å². The summed E-state index contributed by atoms with van der Waals surface area (Å²) in [5, 5.41) is 3.43. The number of halogens is 1. The van der Waals surface area contributed by atoms with Crippen LogP contribution in [-0.4, -0.2) is 36.5 Å². The molecule has 2 rings (SSSR count). The Labute approximate surface area is 139 Å². The lowest BCUT2D eigenvalue weighted by molar-refractivity contribution is -0.138. The van der Waals surface area contributed by atoms with Crippen molar-refractivity contribution in [1.82, 2.24) is 10.2 Å². The molecule has 22 heavy (non-hydrogen) atoms. The number of methoxy groups -OCH3 is 1. The second kappa shape index (κ2) is 8.39. The zero-order valence-corrected chi connectivity index (χ0v) is 14.5.